The molecule has 2 aromatic rings. The number of carbonyl (C=O) groups excluding carboxylic acids is 1. The summed E-state index contributed by atoms with van der Waals surface area (Å²) >= 11 is 6.14. The third-order valence-corrected chi connectivity index (χ3v) is 3.90. The molecule has 0 spiro atoms. The standard InChI is InChI=1S/C15H14ClN5O2/c16-12-7-10(8-17)1-2-13(12)21-6-4-14(19-21)18-15(23)20-5-3-11(22)9-20/h1-2,4,6-7,11,22H,3,5,9H2,(H,18,19,23)/t11-/m1/s1. The van der Waals surface area contributed by atoms with Crippen LogP contribution in [0.25, 0.3) is 5.69 Å². The summed E-state index contributed by atoms with van der Waals surface area (Å²) in [5.74, 6) is 0.386. The number of halogens is 1. The number of rotatable bonds is 2. The zero-order valence-electron chi connectivity index (χ0n) is 12.1. The van der Waals surface area contributed by atoms with Gasteiger partial charge in [0, 0.05) is 25.4 Å². The van der Waals surface area contributed by atoms with Gasteiger partial charge in [0.2, 0.25) is 0 Å². The van der Waals surface area contributed by atoms with Gasteiger partial charge in [-0.1, -0.05) is 11.6 Å². The molecule has 1 aliphatic heterocycles. The quantitative estimate of drug-likeness (QED) is 0.880. The molecule has 7 nitrogen and oxygen atoms in total. The molecule has 23 heavy (non-hydrogen) atoms. The SMILES string of the molecule is N#Cc1ccc(-n2ccc(NC(=O)N3CC[C@@H](O)C3)n2)c(Cl)c1. The van der Waals surface area contributed by atoms with Crippen LogP contribution in [0.1, 0.15) is 12.0 Å². The number of likely N-dealkylation sites (tertiary alicyclic amines) is 1. The highest BCUT2D eigenvalue weighted by Gasteiger charge is 2.24. The molecule has 0 radical (unpaired) electrons. The van der Waals surface area contributed by atoms with E-state index < -0.39 is 6.10 Å². The summed E-state index contributed by atoms with van der Waals surface area (Å²) in [5, 5.41) is 25.6. The Kier molecular flexibility index (Phi) is 4.19. The lowest BCUT2D eigenvalue weighted by molar-refractivity contribution is 0.176. The zero-order chi connectivity index (χ0) is 16.4. The minimum atomic E-state index is -0.462. The fourth-order valence-electron chi connectivity index (χ4n) is 2.40. The Bertz CT molecular complexity index is 782. The molecule has 2 N–H and O–H groups in total. The van der Waals surface area contributed by atoms with E-state index in [1.807, 2.05) is 6.07 Å². The van der Waals surface area contributed by atoms with Gasteiger partial charge in [-0.3, -0.25) is 5.32 Å². The molecule has 0 bridgehead atoms. The number of nitrogens with zero attached hydrogens (tertiary/aromatic N) is 4. The van der Waals surface area contributed by atoms with E-state index >= 15 is 0 Å². The van der Waals surface area contributed by atoms with Gasteiger partial charge in [-0.15, -0.1) is 5.10 Å². The second-order valence-electron chi connectivity index (χ2n) is 5.24. The molecule has 118 valence electrons. The topological polar surface area (TPSA) is 94.2 Å². The molecule has 1 aliphatic rings. The summed E-state index contributed by atoms with van der Waals surface area (Å²) in [4.78, 5) is 13.6. The number of amides is 2. The maximum absolute atomic E-state index is 12.0. The summed E-state index contributed by atoms with van der Waals surface area (Å²) in [5.41, 5.74) is 1.08. The van der Waals surface area contributed by atoms with E-state index in [-0.39, 0.29) is 6.03 Å². The molecular formula is C15H14ClN5O2. The Labute approximate surface area is 137 Å². The number of nitriles is 1. The molecule has 0 aliphatic carbocycles. The molecular weight excluding hydrogens is 318 g/mol. The van der Waals surface area contributed by atoms with Crippen molar-refractivity contribution in [2.45, 2.75) is 12.5 Å². The van der Waals surface area contributed by atoms with Crippen LogP contribution >= 0.6 is 11.6 Å². The normalized spacial score (nSPS) is 17.1. The highest BCUT2D eigenvalue weighted by molar-refractivity contribution is 6.32. The first-order valence-corrected chi connectivity index (χ1v) is 7.44. The Balaban J connectivity index is 1.73. The number of aliphatic hydroxyl groups is 1. The average molecular weight is 332 g/mol. The first kappa shape index (κ1) is 15.3. The van der Waals surface area contributed by atoms with E-state index in [1.54, 1.807) is 35.4 Å². The number of nitrogens with one attached hydrogen (secondary N) is 1. The van der Waals surface area contributed by atoms with Crippen LogP contribution in [0.5, 0.6) is 0 Å². The van der Waals surface area contributed by atoms with E-state index in [4.69, 9.17) is 16.9 Å². The van der Waals surface area contributed by atoms with Crippen LogP contribution in [0, 0.1) is 11.3 Å². The van der Waals surface area contributed by atoms with Crippen molar-refractivity contribution in [3.05, 3.63) is 41.0 Å². The van der Waals surface area contributed by atoms with E-state index in [0.717, 1.165) is 0 Å². The molecule has 1 aromatic carbocycles. The highest BCUT2D eigenvalue weighted by Crippen LogP contribution is 2.22. The summed E-state index contributed by atoms with van der Waals surface area (Å²) in [6, 6.07) is 8.27. The third kappa shape index (κ3) is 3.28. The van der Waals surface area contributed by atoms with E-state index in [0.29, 0.717) is 41.6 Å². The summed E-state index contributed by atoms with van der Waals surface area (Å²) < 4.78 is 1.53. The third-order valence-electron chi connectivity index (χ3n) is 3.60. The maximum Gasteiger partial charge on any atom is 0.323 e. The van der Waals surface area contributed by atoms with Crippen molar-refractivity contribution in [2.24, 2.45) is 0 Å². The molecule has 1 aromatic heterocycles. The molecule has 8 heteroatoms. The Hall–Kier alpha value is -2.56. The predicted molar refractivity (Wildman–Crippen MR) is 84.5 cm³/mol. The van der Waals surface area contributed by atoms with Gasteiger partial charge in [0.25, 0.3) is 0 Å². The summed E-state index contributed by atoms with van der Waals surface area (Å²) in [6.07, 6.45) is 1.79. The molecule has 3 rings (SSSR count). The van der Waals surface area contributed by atoms with Gasteiger partial charge < -0.3 is 10.0 Å². The van der Waals surface area contributed by atoms with Crippen molar-refractivity contribution in [1.82, 2.24) is 14.7 Å². The van der Waals surface area contributed by atoms with Gasteiger partial charge in [0.15, 0.2) is 5.82 Å². The van der Waals surface area contributed by atoms with Crippen molar-refractivity contribution in [3.63, 3.8) is 0 Å². The number of aliphatic hydroxyl groups excluding tert-OH is 1. The van der Waals surface area contributed by atoms with Gasteiger partial charge in [0.1, 0.15) is 0 Å². The lowest BCUT2D eigenvalue weighted by Gasteiger charge is -2.15. The van der Waals surface area contributed by atoms with Crippen LogP contribution < -0.4 is 5.32 Å². The molecule has 1 fully saturated rings. The van der Waals surface area contributed by atoms with Crippen LogP contribution in [-0.4, -0.2) is 45.0 Å². The van der Waals surface area contributed by atoms with Crippen LogP contribution in [0.3, 0.4) is 0 Å². The number of carbonyl (C=O) groups is 1. The number of hydrogen-bond donors (Lipinski definition) is 2. The lowest BCUT2D eigenvalue weighted by Crippen LogP contribution is -2.33. The monoisotopic (exact) mass is 331 g/mol. The smallest absolute Gasteiger partial charge is 0.323 e. The average Bonchev–Trinajstić information content (AvgIpc) is 3.16. The second kappa shape index (κ2) is 6.28. The fourth-order valence-corrected chi connectivity index (χ4v) is 2.67. The predicted octanol–water partition coefficient (Wildman–Crippen LogP) is 2.00. The maximum atomic E-state index is 12.0. The molecule has 0 unspecified atom stereocenters. The number of benzene rings is 1. The molecule has 0 saturated carbocycles. The fraction of sp³-hybridized carbons (Fsp3) is 0.267. The van der Waals surface area contributed by atoms with Gasteiger partial charge in [-0.2, -0.15) is 5.26 Å². The first-order chi connectivity index (χ1) is 11.1. The number of anilines is 1. The van der Waals surface area contributed by atoms with E-state index in [1.165, 1.54) is 4.68 Å². The number of aromatic nitrogens is 2. The van der Waals surface area contributed by atoms with E-state index in [9.17, 15) is 9.90 Å². The number of urea groups is 1. The lowest BCUT2D eigenvalue weighted by atomic mass is 10.2. The Morgan fingerprint density at radius 3 is 2.96 bits per heavy atom. The van der Waals surface area contributed by atoms with Gasteiger partial charge in [-0.25, -0.2) is 9.48 Å². The first-order valence-electron chi connectivity index (χ1n) is 7.06. The minimum Gasteiger partial charge on any atom is -0.391 e. The van der Waals surface area contributed by atoms with Gasteiger partial charge >= 0.3 is 6.03 Å². The Morgan fingerprint density at radius 1 is 1.48 bits per heavy atom. The Morgan fingerprint density at radius 2 is 2.30 bits per heavy atom. The van der Waals surface area contributed by atoms with Crippen LogP contribution in [0.2, 0.25) is 5.02 Å². The minimum absolute atomic E-state index is 0.294. The van der Waals surface area contributed by atoms with Crippen molar-refractivity contribution < 1.29 is 9.90 Å². The highest BCUT2D eigenvalue weighted by atomic mass is 35.5. The van der Waals surface area contributed by atoms with E-state index in [2.05, 4.69) is 10.4 Å². The largest absolute Gasteiger partial charge is 0.391 e. The van der Waals surface area contributed by atoms with Crippen molar-refractivity contribution in [1.29, 1.82) is 5.26 Å². The van der Waals surface area contributed by atoms with Gasteiger partial charge in [0.05, 0.1) is 28.4 Å². The van der Waals surface area contributed by atoms with Crippen LogP contribution in [0.4, 0.5) is 10.6 Å². The molecule has 2 heterocycles. The van der Waals surface area contributed by atoms with Gasteiger partial charge in [-0.05, 0) is 24.6 Å². The zero-order valence-corrected chi connectivity index (χ0v) is 12.9. The number of β-amino-alcohol motifs (C(OH)–C–C–N with tert-alkyl or cyclic N) is 1. The van der Waals surface area contributed by atoms with Crippen LogP contribution in [0.15, 0.2) is 30.5 Å². The van der Waals surface area contributed by atoms with Crippen molar-refractivity contribution in [3.8, 4) is 11.8 Å². The summed E-state index contributed by atoms with van der Waals surface area (Å²) in [6.45, 7) is 0.850. The number of hydrogen-bond acceptors (Lipinski definition) is 4. The van der Waals surface area contributed by atoms with Crippen molar-refractivity contribution >= 4 is 23.4 Å². The molecule has 1 atom stereocenters. The van der Waals surface area contributed by atoms with Crippen molar-refractivity contribution in [2.75, 3.05) is 18.4 Å². The second-order valence-corrected chi connectivity index (χ2v) is 5.65. The molecule has 1 saturated heterocycles. The molecule has 2 amide bonds. The van der Waals surface area contributed by atoms with Crippen LogP contribution in [-0.2, 0) is 0 Å². The summed E-state index contributed by atoms with van der Waals surface area (Å²) in [7, 11) is 0.